The maximum absolute atomic E-state index is 12.1. The Labute approximate surface area is 121 Å². The molecule has 0 aliphatic carbocycles. The van der Waals surface area contributed by atoms with Crippen molar-refractivity contribution in [2.75, 3.05) is 0 Å². The SMILES string of the molecule is CC(C)(C)C(NS(=O)(=O)c1ccc([N+](=O)[O-])nc1)C(=O)O. The Morgan fingerprint density at radius 1 is 1.43 bits per heavy atom. The molecule has 0 aliphatic heterocycles. The number of hydrogen-bond donors (Lipinski definition) is 2. The molecule has 10 heteroatoms. The van der Waals surface area contributed by atoms with Gasteiger partial charge in [-0.1, -0.05) is 20.8 Å². The summed E-state index contributed by atoms with van der Waals surface area (Å²) in [5.74, 6) is -1.82. The lowest BCUT2D eigenvalue weighted by atomic mass is 9.88. The van der Waals surface area contributed by atoms with E-state index in [9.17, 15) is 23.3 Å². The Kier molecular flexibility index (Phi) is 4.64. The van der Waals surface area contributed by atoms with E-state index in [2.05, 4.69) is 9.71 Å². The third-order valence-electron chi connectivity index (χ3n) is 2.60. The second-order valence-corrected chi connectivity index (χ2v) is 7.08. The molecule has 0 aromatic carbocycles. The summed E-state index contributed by atoms with van der Waals surface area (Å²) in [5.41, 5.74) is -0.854. The lowest BCUT2D eigenvalue weighted by Gasteiger charge is -2.27. The number of carboxylic acid groups (broad SMARTS) is 1. The van der Waals surface area contributed by atoms with Gasteiger partial charge in [0.25, 0.3) is 0 Å². The van der Waals surface area contributed by atoms with Crippen molar-refractivity contribution in [1.82, 2.24) is 9.71 Å². The minimum Gasteiger partial charge on any atom is -0.480 e. The highest BCUT2D eigenvalue weighted by molar-refractivity contribution is 7.89. The summed E-state index contributed by atoms with van der Waals surface area (Å²) in [6.45, 7) is 4.72. The molecule has 0 radical (unpaired) electrons. The second kappa shape index (κ2) is 5.74. The summed E-state index contributed by atoms with van der Waals surface area (Å²) in [6, 6.07) is 0.578. The molecule has 1 atom stereocenters. The van der Waals surface area contributed by atoms with Crippen LogP contribution in [0, 0.1) is 15.5 Å². The Morgan fingerprint density at radius 3 is 2.33 bits per heavy atom. The lowest BCUT2D eigenvalue weighted by molar-refractivity contribution is -0.389. The van der Waals surface area contributed by atoms with Crippen molar-refractivity contribution in [2.45, 2.75) is 31.7 Å². The van der Waals surface area contributed by atoms with Gasteiger partial charge in [0.15, 0.2) is 6.20 Å². The highest BCUT2D eigenvalue weighted by Crippen LogP contribution is 2.22. The monoisotopic (exact) mass is 317 g/mol. The largest absolute Gasteiger partial charge is 0.480 e. The molecule has 2 N–H and O–H groups in total. The zero-order chi connectivity index (χ0) is 16.4. The number of pyridine rings is 1. The molecule has 0 spiro atoms. The smallest absolute Gasteiger partial charge is 0.363 e. The number of aliphatic carboxylic acids is 1. The molecule has 1 unspecified atom stereocenters. The predicted octanol–water partition coefficient (Wildman–Crippen LogP) is 0.767. The van der Waals surface area contributed by atoms with E-state index in [0.29, 0.717) is 0 Å². The molecular weight excluding hydrogens is 302 g/mol. The molecule has 0 fully saturated rings. The van der Waals surface area contributed by atoms with Crippen LogP contribution in [0.4, 0.5) is 5.82 Å². The van der Waals surface area contributed by atoms with E-state index in [-0.39, 0.29) is 4.90 Å². The fraction of sp³-hybridized carbons (Fsp3) is 0.455. The Hall–Kier alpha value is -2.07. The number of nitrogens with one attached hydrogen (secondary N) is 1. The van der Waals surface area contributed by atoms with Crippen LogP contribution in [0.5, 0.6) is 0 Å². The van der Waals surface area contributed by atoms with Crippen LogP contribution in [0.2, 0.25) is 0 Å². The topological polar surface area (TPSA) is 140 Å². The van der Waals surface area contributed by atoms with Gasteiger partial charge in [-0.3, -0.25) is 4.79 Å². The second-order valence-electron chi connectivity index (χ2n) is 5.37. The lowest BCUT2D eigenvalue weighted by Crippen LogP contribution is -2.48. The Morgan fingerprint density at radius 2 is 2.00 bits per heavy atom. The standard InChI is InChI=1S/C11H15N3O6S/c1-11(2,3)9(10(15)16)13-21(19,20)7-4-5-8(12-6-7)14(17)18/h4-6,9,13H,1-3H3,(H,15,16). The van der Waals surface area contributed by atoms with Crippen LogP contribution in [-0.4, -0.2) is 35.4 Å². The molecule has 0 saturated heterocycles. The maximum Gasteiger partial charge on any atom is 0.363 e. The number of carboxylic acids is 1. The number of rotatable bonds is 5. The molecule has 0 amide bonds. The van der Waals surface area contributed by atoms with Gasteiger partial charge in [0, 0.05) is 6.07 Å². The molecule has 0 bridgehead atoms. The number of sulfonamides is 1. The van der Waals surface area contributed by atoms with Gasteiger partial charge in [0.1, 0.15) is 10.9 Å². The average molecular weight is 317 g/mol. The van der Waals surface area contributed by atoms with E-state index in [1.807, 2.05) is 0 Å². The average Bonchev–Trinajstić information content (AvgIpc) is 2.34. The zero-order valence-electron chi connectivity index (χ0n) is 11.6. The number of nitro groups is 1. The zero-order valence-corrected chi connectivity index (χ0v) is 12.4. The van der Waals surface area contributed by atoms with E-state index in [1.54, 1.807) is 20.8 Å². The number of hydrogen-bond acceptors (Lipinski definition) is 6. The van der Waals surface area contributed by atoms with Crippen molar-refractivity contribution in [1.29, 1.82) is 0 Å². The summed E-state index contributed by atoms with van der Waals surface area (Å²) in [7, 11) is -4.15. The van der Waals surface area contributed by atoms with Crippen molar-refractivity contribution in [3.8, 4) is 0 Å². The number of aromatic nitrogens is 1. The van der Waals surface area contributed by atoms with Crippen LogP contribution in [0.1, 0.15) is 20.8 Å². The van der Waals surface area contributed by atoms with Crippen LogP contribution < -0.4 is 4.72 Å². The fourth-order valence-electron chi connectivity index (χ4n) is 1.46. The third-order valence-corrected chi connectivity index (χ3v) is 4.01. The fourth-order valence-corrected chi connectivity index (χ4v) is 2.80. The van der Waals surface area contributed by atoms with Crippen molar-refractivity contribution in [2.24, 2.45) is 5.41 Å². The van der Waals surface area contributed by atoms with Gasteiger partial charge in [0.2, 0.25) is 10.0 Å². The van der Waals surface area contributed by atoms with E-state index < -0.39 is 38.2 Å². The van der Waals surface area contributed by atoms with E-state index in [0.717, 1.165) is 18.3 Å². The molecule has 0 saturated carbocycles. The molecule has 9 nitrogen and oxygen atoms in total. The highest BCUT2D eigenvalue weighted by Gasteiger charge is 2.35. The first-order valence-electron chi connectivity index (χ1n) is 5.81. The minimum atomic E-state index is -4.15. The molecule has 116 valence electrons. The van der Waals surface area contributed by atoms with Gasteiger partial charge < -0.3 is 15.2 Å². The first-order valence-corrected chi connectivity index (χ1v) is 7.29. The molecule has 1 rings (SSSR count). The van der Waals surface area contributed by atoms with Crippen LogP contribution in [-0.2, 0) is 14.8 Å². The third kappa shape index (κ3) is 4.20. The molecule has 1 heterocycles. The summed E-state index contributed by atoms with van der Waals surface area (Å²) < 4.78 is 26.2. The van der Waals surface area contributed by atoms with Gasteiger partial charge >= 0.3 is 11.8 Å². The van der Waals surface area contributed by atoms with Gasteiger partial charge in [-0.2, -0.15) is 4.72 Å². The first-order chi connectivity index (χ1) is 9.45. The van der Waals surface area contributed by atoms with Crippen LogP contribution in [0.25, 0.3) is 0 Å². The quantitative estimate of drug-likeness (QED) is 0.603. The Balaban J connectivity index is 3.11. The van der Waals surface area contributed by atoms with E-state index in [1.165, 1.54) is 0 Å². The van der Waals surface area contributed by atoms with Crippen molar-refractivity contribution in [3.05, 3.63) is 28.4 Å². The van der Waals surface area contributed by atoms with Crippen LogP contribution in [0.15, 0.2) is 23.2 Å². The molecule has 21 heavy (non-hydrogen) atoms. The molecule has 1 aromatic rings. The predicted molar refractivity (Wildman–Crippen MR) is 72.1 cm³/mol. The summed E-state index contributed by atoms with van der Waals surface area (Å²) >= 11 is 0. The van der Waals surface area contributed by atoms with Crippen molar-refractivity contribution < 1.29 is 23.2 Å². The maximum atomic E-state index is 12.1. The van der Waals surface area contributed by atoms with Crippen molar-refractivity contribution >= 4 is 21.8 Å². The summed E-state index contributed by atoms with van der Waals surface area (Å²) in [6.07, 6.45) is 0.808. The van der Waals surface area contributed by atoms with Gasteiger partial charge in [0.05, 0.1) is 0 Å². The highest BCUT2D eigenvalue weighted by atomic mass is 32.2. The van der Waals surface area contributed by atoms with Crippen LogP contribution in [0.3, 0.4) is 0 Å². The minimum absolute atomic E-state index is 0.344. The number of nitrogens with zero attached hydrogens (tertiary/aromatic N) is 2. The Bertz CT molecular complexity index is 648. The van der Waals surface area contributed by atoms with Crippen LogP contribution >= 0.6 is 0 Å². The number of carbonyl (C=O) groups is 1. The van der Waals surface area contributed by atoms with E-state index >= 15 is 0 Å². The van der Waals surface area contributed by atoms with Gasteiger partial charge in [-0.25, -0.2) is 8.42 Å². The van der Waals surface area contributed by atoms with Gasteiger partial charge in [-0.15, -0.1) is 0 Å². The molecule has 1 aromatic heterocycles. The van der Waals surface area contributed by atoms with E-state index in [4.69, 9.17) is 5.11 Å². The molecule has 0 aliphatic rings. The normalized spacial score (nSPS) is 13.7. The van der Waals surface area contributed by atoms with Gasteiger partial charge in [-0.05, 0) is 21.4 Å². The summed E-state index contributed by atoms with van der Waals surface area (Å²) in [4.78, 5) is 23.9. The molecular formula is C11H15N3O6S. The first kappa shape index (κ1) is 17.0. The van der Waals surface area contributed by atoms with Crippen molar-refractivity contribution in [3.63, 3.8) is 0 Å². The summed E-state index contributed by atoms with van der Waals surface area (Å²) in [5, 5.41) is 19.6.